The van der Waals surface area contributed by atoms with Crippen LogP contribution in [0.3, 0.4) is 0 Å². The van der Waals surface area contributed by atoms with Gasteiger partial charge in [-0.25, -0.2) is 0 Å². The van der Waals surface area contributed by atoms with Crippen molar-refractivity contribution in [2.24, 2.45) is 0 Å². The SMILES string of the molecule is O=C(CC1CSCCN1)Nc1nnc(C2CC2)o1. The van der Waals surface area contributed by atoms with Crippen molar-refractivity contribution in [3.63, 3.8) is 0 Å². The van der Waals surface area contributed by atoms with Gasteiger partial charge in [-0.2, -0.15) is 11.8 Å². The molecule has 1 atom stereocenters. The molecular weight excluding hydrogens is 252 g/mol. The molecule has 1 aromatic heterocycles. The number of hydrogen-bond donors (Lipinski definition) is 2. The number of amides is 1. The van der Waals surface area contributed by atoms with Gasteiger partial charge in [-0.15, -0.1) is 5.10 Å². The number of hydrogen-bond acceptors (Lipinski definition) is 6. The third kappa shape index (κ3) is 3.02. The van der Waals surface area contributed by atoms with E-state index in [1.54, 1.807) is 0 Å². The third-order valence-corrected chi connectivity index (χ3v) is 4.17. The Morgan fingerprint density at radius 3 is 3.11 bits per heavy atom. The highest BCUT2D eigenvalue weighted by Crippen LogP contribution is 2.39. The Hall–Kier alpha value is -1.08. The summed E-state index contributed by atoms with van der Waals surface area (Å²) in [6.45, 7) is 0.967. The van der Waals surface area contributed by atoms with Gasteiger partial charge in [-0.1, -0.05) is 5.10 Å². The van der Waals surface area contributed by atoms with Crippen molar-refractivity contribution in [1.29, 1.82) is 0 Å². The summed E-state index contributed by atoms with van der Waals surface area (Å²) in [5, 5.41) is 13.7. The van der Waals surface area contributed by atoms with Crippen LogP contribution in [0.4, 0.5) is 6.01 Å². The maximum absolute atomic E-state index is 11.8. The first-order valence-electron chi connectivity index (χ1n) is 6.25. The first kappa shape index (κ1) is 12.0. The van der Waals surface area contributed by atoms with Gasteiger partial charge < -0.3 is 9.73 Å². The van der Waals surface area contributed by atoms with E-state index in [0.29, 0.717) is 18.2 Å². The van der Waals surface area contributed by atoms with Crippen LogP contribution in [0.2, 0.25) is 0 Å². The van der Waals surface area contributed by atoms with Crippen LogP contribution in [0.15, 0.2) is 4.42 Å². The van der Waals surface area contributed by atoms with E-state index in [1.807, 2.05) is 11.8 Å². The van der Waals surface area contributed by atoms with Crippen LogP contribution in [0.5, 0.6) is 0 Å². The van der Waals surface area contributed by atoms with E-state index in [1.165, 1.54) is 0 Å². The lowest BCUT2D eigenvalue weighted by atomic mass is 10.2. The number of carbonyl (C=O) groups is 1. The molecule has 0 aromatic carbocycles. The maximum atomic E-state index is 11.8. The molecule has 1 saturated carbocycles. The second-order valence-corrected chi connectivity index (χ2v) is 5.85. The number of rotatable bonds is 4. The molecule has 2 N–H and O–H groups in total. The normalized spacial score (nSPS) is 23.9. The molecule has 1 aromatic rings. The Bertz CT molecular complexity index is 426. The smallest absolute Gasteiger partial charge is 0.322 e. The van der Waals surface area contributed by atoms with Crippen molar-refractivity contribution in [2.75, 3.05) is 23.4 Å². The van der Waals surface area contributed by atoms with Crippen LogP contribution >= 0.6 is 11.8 Å². The summed E-state index contributed by atoms with van der Waals surface area (Å²) in [5.41, 5.74) is 0. The van der Waals surface area contributed by atoms with E-state index in [9.17, 15) is 4.79 Å². The van der Waals surface area contributed by atoms with Gasteiger partial charge in [0.25, 0.3) is 0 Å². The molecule has 1 saturated heterocycles. The van der Waals surface area contributed by atoms with Gasteiger partial charge in [-0.05, 0) is 12.8 Å². The van der Waals surface area contributed by atoms with Crippen LogP contribution in [0.1, 0.15) is 31.1 Å². The lowest BCUT2D eigenvalue weighted by Gasteiger charge is -2.22. The van der Waals surface area contributed by atoms with Gasteiger partial charge in [0.1, 0.15) is 0 Å². The zero-order valence-corrected chi connectivity index (χ0v) is 10.8. The molecule has 7 heteroatoms. The summed E-state index contributed by atoms with van der Waals surface area (Å²) in [6, 6.07) is 0.472. The first-order valence-corrected chi connectivity index (χ1v) is 7.41. The van der Waals surface area contributed by atoms with Crippen molar-refractivity contribution < 1.29 is 9.21 Å². The van der Waals surface area contributed by atoms with Gasteiger partial charge in [0, 0.05) is 36.4 Å². The topological polar surface area (TPSA) is 80.0 Å². The van der Waals surface area contributed by atoms with Crippen LogP contribution < -0.4 is 10.6 Å². The van der Waals surface area contributed by atoms with Crippen LogP contribution in [0.25, 0.3) is 0 Å². The Labute approximate surface area is 109 Å². The van der Waals surface area contributed by atoms with E-state index in [2.05, 4.69) is 20.8 Å². The van der Waals surface area contributed by atoms with Crippen molar-refractivity contribution in [3.8, 4) is 0 Å². The molecule has 0 bridgehead atoms. The Kier molecular flexibility index (Phi) is 3.51. The Morgan fingerprint density at radius 1 is 1.50 bits per heavy atom. The van der Waals surface area contributed by atoms with E-state index in [4.69, 9.17) is 4.42 Å². The second-order valence-electron chi connectivity index (χ2n) is 4.70. The predicted molar refractivity (Wildman–Crippen MR) is 68.6 cm³/mol. The van der Waals surface area contributed by atoms with Crippen LogP contribution in [0, 0.1) is 0 Å². The van der Waals surface area contributed by atoms with Gasteiger partial charge in [0.05, 0.1) is 0 Å². The predicted octanol–water partition coefficient (Wildman–Crippen LogP) is 0.981. The van der Waals surface area contributed by atoms with Crippen molar-refractivity contribution in [3.05, 3.63) is 5.89 Å². The van der Waals surface area contributed by atoms with E-state index in [-0.39, 0.29) is 18.0 Å². The van der Waals surface area contributed by atoms with Gasteiger partial charge >= 0.3 is 6.01 Å². The average molecular weight is 268 g/mol. The fraction of sp³-hybridized carbons (Fsp3) is 0.727. The highest BCUT2D eigenvalue weighted by atomic mass is 32.2. The molecular formula is C11H16N4O2S. The quantitative estimate of drug-likeness (QED) is 0.847. The molecule has 1 amide bonds. The summed E-state index contributed by atoms with van der Waals surface area (Å²) in [7, 11) is 0. The average Bonchev–Trinajstić information content (AvgIpc) is 3.12. The van der Waals surface area contributed by atoms with E-state index >= 15 is 0 Å². The monoisotopic (exact) mass is 268 g/mol. The zero-order valence-electron chi connectivity index (χ0n) is 10.0. The lowest BCUT2D eigenvalue weighted by Crippen LogP contribution is -2.39. The molecule has 3 rings (SSSR count). The number of nitrogens with zero attached hydrogens (tertiary/aromatic N) is 2. The fourth-order valence-electron chi connectivity index (χ4n) is 1.93. The zero-order chi connectivity index (χ0) is 12.4. The van der Waals surface area contributed by atoms with Gasteiger partial charge in [0.2, 0.25) is 11.8 Å². The molecule has 1 unspecified atom stereocenters. The van der Waals surface area contributed by atoms with Gasteiger partial charge in [0.15, 0.2) is 0 Å². The molecule has 2 aliphatic rings. The van der Waals surface area contributed by atoms with Crippen molar-refractivity contribution >= 4 is 23.7 Å². The third-order valence-electron chi connectivity index (χ3n) is 3.04. The summed E-state index contributed by atoms with van der Waals surface area (Å²) >= 11 is 1.87. The molecule has 0 spiro atoms. The van der Waals surface area contributed by atoms with Crippen LogP contribution in [-0.2, 0) is 4.79 Å². The molecule has 2 heterocycles. The molecule has 1 aliphatic carbocycles. The Morgan fingerprint density at radius 2 is 2.39 bits per heavy atom. The largest absolute Gasteiger partial charge is 0.408 e. The minimum atomic E-state index is -0.0685. The van der Waals surface area contributed by atoms with E-state index in [0.717, 1.165) is 30.9 Å². The number of aromatic nitrogens is 2. The highest BCUT2D eigenvalue weighted by molar-refractivity contribution is 7.99. The van der Waals surface area contributed by atoms with E-state index < -0.39 is 0 Å². The minimum absolute atomic E-state index is 0.0685. The number of thioether (sulfide) groups is 1. The molecule has 98 valence electrons. The molecule has 6 nitrogen and oxygen atoms in total. The summed E-state index contributed by atoms with van der Waals surface area (Å²) in [6.07, 6.45) is 2.67. The fourth-order valence-corrected chi connectivity index (χ4v) is 2.87. The summed E-state index contributed by atoms with van der Waals surface area (Å²) in [4.78, 5) is 11.8. The highest BCUT2D eigenvalue weighted by Gasteiger charge is 2.29. The Balaban J connectivity index is 1.49. The molecule has 0 radical (unpaired) electrons. The van der Waals surface area contributed by atoms with Gasteiger partial charge in [-0.3, -0.25) is 10.1 Å². The standard InChI is InChI=1S/C11H16N4O2S/c16-9(5-8-6-18-4-3-12-8)13-11-15-14-10(17-11)7-1-2-7/h7-8,12H,1-6H2,(H,13,15,16). The first-order chi connectivity index (χ1) is 8.81. The van der Waals surface area contributed by atoms with Crippen LogP contribution in [-0.4, -0.2) is 40.2 Å². The number of nitrogens with one attached hydrogen (secondary N) is 2. The summed E-state index contributed by atoms with van der Waals surface area (Å²) in [5.74, 6) is 3.09. The number of carbonyl (C=O) groups excluding carboxylic acids is 1. The van der Waals surface area contributed by atoms with Crippen molar-refractivity contribution in [1.82, 2.24) is 15.5 Å². The second kappa shape index (κ2) is 5.27. The van der Waals surface area contributed by atoms with Crippen molar-refractivity contribution in [2.45, 2.75) is 31.2 Å². The molecule has 2 fully saturated rings. The molecule has 1 aliphatic heterocycles. The molecule has 18 heavy (non-hydrogen) atoms. The minimum Gasteiger partial charge on any atom is -0.408 e. The lowest BCUT2D eigenvalue weighted by molar-refractivity contribution is -0.116. The maximum Gasteiger partial charge on any atom is 0.322 e. The number of anilines is 1. The summed E-state index contributed by atoms with van der Waals surface area (Å²) < 4.78 is 5.39.